The lowest BCUT2D eigenvalue weighted by Gasteiger charge is -2.31. The third-order valence-corrected chi connectivity index (χ3v) is 3.82. The van der Waals surface area contributed by atoms with Crippen LogP contribution >= 0.6 is 0 Å². The van der Waals surface area contributed by atoms with Crippen LogP contribution in [-0.2, 0) is 11.3 Å². The van der Waals surface area contributed by atoms with Crippen molar-refractivity contribution in [1.82, 2.24) is 25.0 Å². The Hall–Kier alpha value is -1.47. The molecule has 1 aliphatic heterocycles. The number of carbonyl (C=O) groups excluding carboxylic acids is 1. The van der Waals surface area contributed by atoms with E-state index in [-0.39, 0.29) is 11.8 Å². The van der Waals surface area contributed by atoms with Crippen LogP contribution in [0, 0.1) is 5.92 Å². The first-order chi connectivity index (χ1) is 10.1. The smallest absolute Gasteiger partial charge is 0.224 e. The quantitative estimate of drug-likeness (QED) is 0.779. The standard InChI is InChI=1S/C14H26N6O/c1-11(2)20-13(17-10-18-20)9-19-7-3-4-12(8-19)14(21)16-6-5-15/h10-12H,3-9,15H2,1-2H3,(H,16,21). The number of nitrogens with zero attached hydrogens (tertiary/aromatic N) is 4. The minimum absolute atomic E-state index is 0.0562. The lowest BCUT2D eigenvalue weighted by molar-refractivity contribution is -0.126. The minimum atomic E-state index is 0.0562. The molecule has 0 spiro atoms. The maximum atomic E-state index is 12.1. The van der Waals surface area contributed by atoms with E-state index in [2.05, 4.69) is 34.1 Å². The summed E-state index contributed by atoms with van der Waals surface area (Å²) in [7, 11) is 0. The maximum Gasteiger partial charge on any atom is 0.224 e. The third-order valence-electron chi connectivity index (χ3n) is 3.82. The molecule has 1 fully saturated rings. The van der Waals surface area contributed by atoms with E-state index in [4.69, 9.17) is 5.73 Å². The Morgan fingerprint density at radius 2 is 2.38 bits per heavy atom. The predicted molar refractivity (Wildman–Crippen MR) is 80.5 cm³/mol. The molecule has 1 aromatic rings. The van der Waals surface area contributed by atoms with Crippen LogP contribution in [0.25, 0.3) is 0 Å². The molecular formula is C14H26N6O. The van der Waals surface area contributed by atoms with Crippen molar-refractivity contribution in [3.63, 3.8) is 0 Å². The van der Waals surface area contributed by atoms with Crippen molar-refractivity contribution in [2.45, 2.75) is 39.3 Å². The number of nitrogens with two attached hydrogens (primary N) is 1. The van der Waals surface area contributed by atoms with E-state index >= 15 is 0 Å². The van der Waals surface area contributed by atoms with Crippen LogP contribution in [0.5, 0.6) is 0 Å². The van der Waals surface area contributed by atoms with Gasteiger partial charge in [0, 0.05) is 25.7 Å². The maximum absolute atomic E-state index is 12.1. The van der Waals surface area contributed by atoms with Gasteiger partial charge in [0.25, 0.3) is 0 Å². The Labute approximate surface area is 125 Å². The van der Waals surface area contributed by atoms with Crippen LogP contribution in [-0.4, -0.2) is 51.8 Å². The van der Waals surface area contributed by atoms with Crippen LogP contribution in [0.3, 0.4) is 0 Å². The van der Waals surface area contributed by atoms with E-state index in [0.717, 1.165) is 38.3 Å². The summed E-state index contributed by atoms with van der Waals surface area (Å²) in [6.45, 7) is 7.76. The Balaban J connectivity index is 1.92. The van der Waals surface area contributed by atoms with Crippen molar-refractivity contribution in [3.8, 4) is 0 Å². The molecule has 1 unspecified atom stereocenters. The van der Waals surface area contributed by atoms with E-state index in [1.165, 1.54) is 0 Å². The number of nitrogens with one attached hydrogen (secondary N) is 1. The van der Waals surface area contributed by atoms with Gasteiger partial charge in [0.1, 0.15) is 12.2 Å². The van der Waals surface area contributed by atoms with Crippen molar-refractivity contribution in [2.24, 2.45) is 11.7 Å². The zero-order chi connectivity index (χ0) is 15.2. The molecule has 2 heterocycles. The summed E-state index contributed by atoms with van der Waals surface area (Å²) < 4.78 is 1.94. The molecule has 118 valence electrons. The van der Waals surface area contributed by atoms with Gasteiger partial charge in [0.2, 0.25) is 5.91 Å². The van der Waals surface area contributed by atoms with Gasteiger partial charge >= 0.3 is 0 Å². The fourth-order valence-electron chi connectivity index (χ4n) is 2.77. The molecule has 1 aliphatic rings. The summed E-state index contributed by atoms with van der Waals surface area (Å²) in [4.78, 5) is 18.7. The number of hydrogen-bond acceptors (Lipinski definition) is 5. The van der Waals surface area contributed by atoms with E-state index < -0.39 is 0 Å². The Morgan fingerprint density at radius 3 is 3.10 bits per heavy atom. The number of amides is 1. The van der Waals surface area contributed by atoms with E-state index in [1.54, 1.807) is 6.33 Å². The Morgan fingerprint density at radius 1 is 1.57 bits per heavy atom. The van der Waals surface area contributed by atoms with Crippen LogP contribution in [0.15, 0.2) is 6.33 Å². The molecule has 1 amide bonds. The molecule has 7 heteroatoms. The van der Waals surface area contributed by atoms with Gasteiger partial charge in [0.15, 0.2) is 0 Å². The second kappa shape index (κ2) is 7.51. The molecule has 0 saturated carbocycles. The summed E-state index contributed by atoms with van der Waals surface area (Å²) in [6, 6.07) is 0.302. The number of hydrogen-bond donors (Lipinski definition) is 2. The highest BCUT2D eigenvalue weighted by atomic mass is 16.1. The number of rotatable bonds is 6. The van der Waals surface area contributed by atoms with Gasteiger partial charge in [-0.05, 0) is 33.2 Å². The fraction of sp³-hybridized carbons (Fsp3) is 0.786. The molecule has 1 aromatic heterocycles. The fourth-order valence-corrected chi connectivity index (χ4v) is 2.77. The molecule has 3 N–H and O–H groups in total. The minimum Gasteiger partial charge on any atom is -0.355 e. The van der Waals surface area contributed by atoms with Crippen molar-refractivity contribution < 1.29 is 4.79 Å². The number of likely N-dealkylation sites (tertiary alicyclic amines) is 1. The largest absolute Gasteiger partial charge is 0.355 e. The van der Waals surface area contributed by atoms with Gasteiger partial charge in [-0.15, -0.1) is 0 Å². The summed E-state index contributed by atoms with van der Waals surface area (Å²) in [6.07, 6.45) is 3.59. The molecule has 7 nitrogen and oxygen atoms in total. The first-order valence-electron chi connectivity index (χ1n) is 7.70. The molecule has 21 heavy (non-hydrogen) atoms. The van der Waals surface area contributed by atoms with E-state index in [0.29, 0.717) is 19.1 Å². The lowest BCUT2D eigenvalue weighted by Crippen LogP contribution is -2.44. The average Bonchev–Trinajstić information content (AvgIpc) is 2.93. The molecule has 0 aliphatic carbocycles. The Kier molecular flexibility index (Phi) is 5.69. The van der Waals surface area contributed by atoms with Crippen molar-refractivity contribution in [2.75, 3.05) is 26.2 Å². The summed E-state index contributed by atoms with van der Waals surface area (Å²) in [5, 5.41) is 7.15. The SMILES string of the molecule is CC(C)n1ncnc1CN1CCCC(C(=O)NCCN)C1. The van der Waals surface area contributed by atoms with Gasteiger partial charge in [-0.25, -0.2) is 9.67 Å². The molecule has 1 atom stereocenters. The molecule has 0 aromatic carbocycles. The van der Waals surface area contributed by atoms with Crippen LogP contribution in [0.2, 0.25) is 0 Å². The summed E-state index contributed by atoms with van der Waals surface area (Å²) in [5.41, 5.74) is 5.43. The first-order valence-corrected chi connectivity index (χ1v) is 7.70. The lowest BCUT2D eigenvalue weighted by atomic mass is 9.97. The highest BCUT2D eigenvalue weighted by Gasteiger charge is 2.26. The van der Waals surface area contributed by atoms with Gasteiger partial charge in [-0.1, -0.05) is 0 Å². The van der Waals surface area contributed by atoms with Crippen LogP contribution in [0.1, 0.15) is 38.6 Å². The number of aromatic nitrogens is 3. The molecular weight excluding hydrogens is 268 g/mol. The first kappa shape index (κ1) is 15.9. The molecule has 1 saturated heterocycles. The van der Waals surface area contributed by atoms with Crippen molar-refractivity contribution in [1.29, 1.82) is 0 Å². The second-order valence-electron chi connectivity index (χ2n) is 5.87. The van der Waals surface area contributed by atoms with Crippen molar-refractivity contribution >= 4 is 5.91 Å². The van der Waals surface area contributed by atoms with Gasteiger partial charge in [-0.2, -0.15) is 5.10 Å². The summed E-state index contributed by atoms with van der Waals surface area (Å²) >= 11 is 0. The normalized spacial score (nSPS) is 19.9. The van der Waals surface area contributed by atoms with Gasteiger partial charge < -0.3 is 11.1 Å². The monoisotopic (exact) mass is 294 g/mol. The summed E-state index contributed by atoms with van der Waals surface area (Å²) in [5.74, 6) is 1.14. The third kappa shape index (κ3) is 4.25. The van der Waals surface area contributed by atoms with Crippen LogP contribution < -0.4 is 11.1 Å². The highest BCUT2D eigenvalue weighted by Crippen LogP contribution is 2.19. The van der Waals surface area contributed by atoms with E-state index in [1.807, 2.05) is 4.68 Å². The number of carbonyl (C=O) groups is 1. The van der Waals surface area contributed by atoms with E-state index in [9.17, 15) is 4.79 Å². The number of piperidine rings is 1. The highest BCUT2D eigenvalue weighted by molar-refractivity contribution is 5.78. The second-order valence-corrected chi connectivity index (χ2v) is 5.87. The van der Waals surface area contributed by atoms with Crippen LogP contribution in [0.4, 0.5) is 0 Å². The predicted octanol–water partition coefficient (Wildman–Crippen LogP) is 0.146. The molecule has 2 rings (SSSR count). The Bertz CT molecular complexity index is 458. The molecule has 0 bridgehead atoms. The zero-order valence-electron chi connectivity index (χ0n) is 13.0. The average molecular weight is 294 g/mol. The zero-order valence-corrected chi connectivity index (χ0v) is 13.0. The van der Waals surface area contributed by atoms with Gasteiger partial charge in [-0.3, -0.25) is 9.69 Å². The topological polar surface area (TPSA) is 89.1 Å². The molecule has 0 radical (unpaired) electrons. The van der Waals surface area contributed by atoms with Crippen molar-refractivity contribution in [3.05, 3.63) is 12.2 Å². The van der Waals surface area contributed by atoms with Gasteiger partial charge in [0.05, 0.1) is 12.5 Å².